The van der Waals surface area contributed by atoms with E-state index in [2.05, 4.69) is 20.6 Å². The van der Waals surface area contributed by atoms with Gasteiger partial charge in [-0.1, -0.05) is 6.07 Å². The van der Waals surface area contributed by atoms with E-state index in [0.717, 1.165) is 16.7 Å². The number of fused-ring (bicyclic) bond motifs is 1. The number of carbonyl (C=O) groups excluding carboxylic acids is 1. The van der Waals surface area contributed by atoms with Crippen LogP contribution < -0.4 is 16.1 Å². The van der Waals surface area contributed by atoms with Gasteiger partial charge in [0.1, 0.15) is 16.4 Å². The number of nitrogens with zero attached hydrogens (tertiary/aromatic N) is 3. The Hall–Kier alpha value is -4.30. The van der Waals surface area contributed by atoms with E-state index in [4.69, 9.17) is 4.74 Å². The van der Waals surface area contributed by atoms with E-state index < -0.39 is 34.9 Å². The maximum atomic E-state index is 13.4. The van der Waals surface area contributed by atoms with Gasteiger partial charge < -0.3 is 19.7 Å². The standard InChI is InChI=1S/C28H26F3N5O5S/c1-14(2)33-27(40)35-23-10-17(25-34-22(13-42-25)28(29,30)31)19(11-32-23)15-3-4-21-18(9-15)24(37)20(26(38)39)12-36(21)16-5-7-41-8-6-16/h3-4,9-14,16H,5-8H2,1-2H3,(H,38,39)(H2,32,33,35,40). The SMILES string of the molecule is CC(C)NC(=O)Nc1cc(-c2nc(C(F)(F)F)cs2)c(-c2ccc3c(c2)c(=O)c(C(=O)O)cn3C2CCOCC2)cn1. The number of halogens is 3. The number of thiazole rings is 1. The molecule has 0 bridgehead atoms. The monoisotopic (exact) mass is 601 g/mol. The highest BCUT2D eigenvalue weighted by molar-refractivity contribution is 7.13. The fourth-order valence-electron chi connectivity index (χ4n) is 4.81. The number of aromatic carboxylic acids is 1. The molecule has 0 spiro atoms. The van der Waals surface area contributed by atoms with E-state index in [1.54, 1.807) is 30.5 Å². The van der Waals surface area contributed by atoms with Crippen molar-refractivity contribution >= 4 is 40.1 Å². The molecule has 1 fully saturated rings. The van der Waals surface area contributed by atoms with Crippen molar-refractivity contribution in [3.63, 3.8) is 0 Å². The Labute approximate surface area is 241 Å². The van der Waals surface area contributed by atoms with Gasteiger partial charge in [0.05, 0.1) is 5.52 Å². The van der Waals surface area contributed by atoms with Crippen molar-refractivity contribution in [2.75, 3.05) is 18.5 Å². The van der Waals surface area contributed by atoms with Crippen molar-refractivity contribution in [2.24, 2.45) is 0 Å². The van der Waals surface area contributed by atoms with Crippen LogP contribution in [0.2, 0.25) is 0 Å². The number of benzene rings is 1. The van der Waals surface area contributed by atoms with Crippen LogP contribution in [0.5, 0.6) is 0 Å². The quantitative estimate of drug-likeness (QED) is 0.255. The molecule has 0 aliphatic carbocycles. The number of pyridine rings is 2. The van der Waals surface area contributed by atoms with Gasteiger partial charge in [0.25, 0.3) is 0 Å². The number of nitrogens with one attached hydrogen (secondary N) is 2. The highest BCUT2D eigenvalue weighted by atomic mass is 32.1. The molecule has 4 heterocycles. The maximum Gasteiger partial charge on any atom is 0.434 e. The fourth-order valence-corrected chi connectivity index (χ4v) is 5.67. The van der Waals surface area contributed by atoms with Gasteiger partial charge in [-0.25, -0.2) is 19.6 Å². The zero-order valence-electron chi connectivity index (χ0n) is 22.5. The van der Waals surface area contributed by atoms with Crippen LogP contribution in [0.15, 0.2) is 46.8 Å². The van der Waals surface area contributed by atoms with Crippen LogP contribution in [0.4, 0.5) is 23.8 Å². The number of hydrogen-bond donors (Lipinski definition) is 3. The molecule has 14 heteroatoms. The summed E-state index contributed by atoms with van der Waals surface area (Å²) in [5.74, 6) is -1.29. The molecule has 10 nitrogen and oxygen atoms in total. The molecule has 3 N–H and O–H groups in total. The summed E-state index contributed by atoms with van der Waals surface area (Å²) in [6, 6.07) is 5.49. The molecule has 0 unspecified atom stereocenters. The molecular weight excluding hydrogens is 575 g/mol. The third-order valence-corrected chi connectivity index (χ3v) is 7.62. The maximum absolute atomic E-state index is 13.4. The number of carboxylic acid groups (broad SMARTS) is 1. The molecule has 42 heavy (non-hydrogen) atoms. The first-order chi connectivity index (χ1) is 19.9. The molecule has 1 aromatic carbocycles. The number of amides is 2. The first kappa shape index (κ1) is 29.2. The Kier molecular flexibility index (Phi) is 8.01. The summed E-state index contributed by atoms with van der Waals surface area (Å²) in [4.78, 5) is 45.6. The van der Waals surface area contributed by atoms with Gasteiger partial charge in [0, 0.05) is 59.6 Å². The van der Waals surface area contributed by atoms with Gasteiger partial charge in [0.15, 0.2) is 5.69 Å². The summed E-state index contributed by atoms with van der Waals surface area (Å²) in [6.07, 6.45) is -0.666. The molecule has 1 saturated heterocycles. The van der Waals surface area contributed by atoms with Gasteiger partial charge in [-0.15, -0.1) is 11.3 Å². The molecule has 3 aromatic heterocycles. The molecule has 1 aliphatic rings. The van der Waals surface area contributed by atoms with Crippen molar-refractivity contribution in [1.29, 1.82) is 0 Å². The number of alkyl halides is 3. The Balaban J connectivity index is 1.67. The summed E-state index contributed by atoms with van der Waals surface area (Å²) in [7, 11) is 0. The number of carboxylic acids is 1. The summed E-state index contributed by atoms with van der Waals surface area (Å²) in [5, 5.41) is 16.0. The average molecular weight is 602 g/mol. The van der Waals surface area contributed by atoms with Crippen molar-refractivity contribution in [3.8, 4) is 21.7 Å². The van der Waals surface area contributed by atoms with E-state index in [0.29, 0.717) is 42.7 Å². The lowest BCUT2D eigenvalue weighted by molar-refractivity contribution is -0.140. The third kappa shape index (κ3) is 5.99. The third-order valence-electron chi connectivity index (χ3n) is 6.75. The Morgan fingerprint density at radius 1 is 1.17 bits per heavy atom. The number of ether oxygens (including phenoxy) is 1. The van der Waals surface area contributed by atoms with Crippen LogP contribution >= 0.6 is 11.3 Å². The Morgan fingerprint density at radius 2 is 1.90 bits per heavy atom. The molecule has 220 valence electrons. The summed E-state index contributed by atoms with van der Waals surface area (Å²) in [5.41, 5.74) is -0.639. The smallest absolute Gasteiger partial charge is 0.434 e. The predicted octanol–water partition coefficient (Wildman–Crippen LogP) is 5.79. The zero-order valence-corrected chi connectivity index (χ0v) is 23.3. The van der Waals surface area contributed by atoms with Crippen LogP contribution in [0.1, 0.15) is 48.8 Å². The predicted molar refractivity (Wildman–Crippen MR) is 151 cm³/mol. The summed E-state index contributed by atoms with van der Waals surface area (Å²) >= 11 is 0.768. The van der Waals surface area contributed by atoms with E-state index in [1.807, 2.05) is 0 Å². The number of carbonyl (C=O) groups is 2. The summed E-state index contributed by atoms with van der Waals surface area (Å²) in [6.45, 7) is 4.52. The minimum atomic E-state index is -4.66. The van der Waals surface area contributed by atoms with Crippen molar-refractivity contribution in [1.82, 2.24) is 19.9 Å². The highest BCUT2D eigenvalue weighted by Crippen LogP contribution is 2.39. The largest absolute Gasteiger partial charge is 0.477 e. The molecule has 2 amide bonds. The Bertz CT molecular complexity index is 1730. The lowest BCUT2D eigenvalue weighted by Crippen LogP contribution is -2.34. The average Bonchev–Trinajstić information content (AvgIpc) is 3.44. The van der Waals surface area contributed by atoms with Crippen LogP contribution in [0.3, 0.4) is 0 Å². The lowest BCUT2D eigenvalue weighted by atomic mass is 9.98. The molecule has 0 saturated carbocycles. The number of rotatable bonds is 6. The van der Waals surface area contributed by atoms with E-state index >= 15 is 0 Å². The Morgan fingerprint density at radius 3 is 2.55 bits per heavy atom. The first-order valence-corrected chi connectivity index (χ1v) is 13.9. The second-order valence-electron chi connectivity index (χ2n) is 10.1. The first-order valence-electron chi connectivity index (χ1n) is 13.0. The molecule has 0 atom stereocenters. The van der Waals surface area contributed by atoms with E-state index in [9.17, 15) is 32.7 Å². The number of hydrogen-bond acceptors (Lipinski definition) is 7. The van der Waals surface area contributed by atoms with Crippen molar-refractivity contribution in [2.45, 2.75) is 44.9 Å². The van der Waals surface area contributed by atoms with E-state index in [1.165, 1.54) is 24.5 Å². The minimum absolute atomic E-state index is 0.0195. The molecule has 4 aromatic rings. The normalized spacial score (nSPS) is 14.3. The second-order valence-corrected chi connectivity index (χ2v) is 10.9. The van der Waals surface area contributed by atoms with Gasteiger partial charge in [-0.2, -0.15) is 13.2 Å². The van der Waals surface area contributed by atoms with Crippen LogP contribution in [0, 0.1) is 0 Å². The molecule has 1 aliphatic heterocycles. The van der Waals surface area contributed by atoms with Gasteiger partial charge >= 0.3 is 18.2 Å². The number of urea groups is 1. The second kappa shape index (κ2) is 11.5. The molecule has 0 radical (unpaired) electrons. The lowest BCUT2D eigenvalue weighted by Gasteiger charge is -2.27. The topological polar surface area (TPSA) is 135 Å². The van der Waals surface area contributed by atoms with Crippen LogP contribution in [-0.2, 0) is 10.9 Å². The zero-order chi connectivity index (χ0) is 30.2. The van der Waals surface area contributed by atoms with Crippen LogP contribution in [0.25, 0.3) is 32.6 Å². The number of aromatic nitrogens is 3. The molecular formula is C28H26F3N5O5S. The van der Waals surface area contributed by atoms with Crippen molar-refractivity contribution in [3.05, 3.63) is 63.5 Å². The highest BCUT2D eigenvalue weighted by Gasteiger charge is 2.34. The van der Waals surface area contributed by atoms with Gasteiger partial charge in [-0.05, 0) is 50.5 Å². The number of anilines is 1. The fraction of sp³-hybridized carbons (Fsp3) is 0.321. The minimum Gasteiger partial charge on any atom is -0.477 e. The molecule has 5 rings (SSSR count). The van der Waals surface area contributed by atoms with Gasteiger partial charge in [-0.3, -0.25) is 10.1 Å². The van der Waals surface area contributed by atoms with E-state index in [-0.39, 0.29) is 33.9 Å². The van der Waals surface area contributed by atoms with Crippen LogP contribution in [-0.4, -0.2) is 50.9 Å². The summed E-state index contributed by atoms with van der Waals surface area (Å²) < 4.78 is 47.4. The van der Waals surface area contributed by atoms with Gasteiger partial charge in [0.2, 0.25) is 5.43 Å². The van der Waals surface area contributed by atoms with Crippen molar-refractivity contribution < 1.29 is 32.6 Å².